The minimum absolute atomic E-state index is 0.183. The fourth-order valence-corrected chi connectivity index (χ4v) is 2.65. The normalized spacial score (nSPS) is 10.8. The largest absolute Gasteiger partial charge is 0.464 e. The number of benzene rings is 2. The van der Waals surface area contributed by atoms with Gasteiger partial charge in [0.25, 0.3) is 0 Å². The number of amides is 2. The lowest BCUT2D eigenvalue weighted by Crippen LogP contribution is -2.15. The molecule has 3 rings (SSSR count). The van der Waals surface area contributed by atoms with Crippen LogP contribution in [0.15, 0.2) is 47.1 Å². The second kappa shape index (κ2) is 6.20. The van der Waals surface area contributed by atoms with Gasteiger partial charge in [-0.25, -0.2) is 0 Å². The van der Waals surface area contributed by atoms with Gasteiger partial charge >= 0.3 is 0 Å². The first-order valence-electron chi connectivity index (χ1n) is 7.61. The van der Waals surface area contributed by atoms with Crippen molar-refractivity contribution in [1.29, 1.82) is 0 Å². The summed E-state index contributed by atoms with van der Waals surface area (Å²) < 4.78 is 5.62. The fourth-order valence-electron chi connectivity index (χ4n) is 2.65. The highest BCUT2D eigenvalue weighted by atomic mass is 16.3. The van der Waals surface area contributed by atoms with E-state index < -0.39 is 5.91 Å². The summed E-state index contributed by atoms with van der Waals surface area (Å²) in [6.07, 6.45) is 1.81. The average Bonchev–Trinajstić information content (AvgIpc) is 2.94. The zero-order valence-corrected chi connectivity index (χ0v) is 13.6. The van der Waals surface area contributed by atoms with Gasteiger partial charge < -0.3 is 15.5 Å². The van der Waals surface area contributed by atoms with Gasteiger partial charge in [-0.1, -0.05) is 18.2 Å². The SMILES string of the molecule is Cc1ccc2c(CC(=O)Nc3cccc(C(N)=O)c3)coc2c1C. The number of rotatable bonds is 4. The lowest BCUT2D eigenvalue weighted by Gasteiger charge is -2.06. The Kier molecular flexibility index (Phi) is 4.08. The minimum Gasteiger partial charge on any atom is -0.464 e. The fraction of sp³-hybridized carbons (Fsp3) is 0.158. The molecule has 0 saturated carbocycles. The van der Waals surface area contributed by atoms with Crippen molar-refractivity contribution in [3.05, 3.63) is 64.9 Å². The molecule has 0 radical (unpaired) electrons. The monoisotopic (exact) mass is 322 g/mol. The van der Waals surface area contributed by atoms with Gasteiger partial charge in [-0.2, -0.15) is 0 Å². The molecule has 0 saturated heterocycles. The molecule has 0 aliphatic carbocycles. The van der Waals surface area contributed by atoms with E-state index >= 15 is 0 Å². The molecule has 3 aromatic rings. The van der Waals surface area contributed by atoms with Crippen LogP contribution in [0.2, 0.25) is 0 Å². The van der Waals surface area contributed by atoms with E-state index in [2.05, 4.69) is 5.32 Å². The van der Waals surface area contributed by atoms with E-state index in [9.17, 15) is 9.59 Å². The van der Waals surface area contributed by atoms with Gasteiger partial charge in [-0.05, 0) is 43.2 Å². The number of anilines is 1. The molecule has 5 heteroatoms. The lowest BCUT2D eigenvalue weighted by molar-refractivity contribution is -0.115. The van der Waals surface area contributed by atoms with E-state index in [1.807, 2.05) is 26.0 Å². The molecule has 0 aliphatic heterocycles. The standard InChI is InChI=1S/C19H18N2O3/c1-11-6-7-16-14(10-24-18(16)12(11)2)9-17(22)21-15-5-3-4-13(8-15)19(20)23/h3-8,10H,9H2,1-2H3,(H2,20,23)(H,21,22). The molecule has 2 aromatic carbocycles. The van der Waals surface area contributed by atoms with Crippen molar-refractivity contribution >= 4 is 28.5 Å². The lowest BCUT2D eigenvalue weighted by atomic mass is 10.0. The van der Waals surface area contributed by atoms with Gasteiger partial charge in [-0.15, -0.1) is 0 Å². The highest BCUT2D eigenvalue weighted by Crippen LogP contribution is 2.27. The number of hydrogen-bond acceptors (Lipinski definition) is 3. The van der Waals surface area contributed by atoms with Gasteiger partial charge in [-0.3, -0.25) is 9.59 Å². The van der Waals surface area contributed by atoms with Crippen molar-refractivity contribution < 1.29 is 14.0 Å². The molecule has 1 heterocycles. The maximum absolute atomic E-state index is 12.3. The van der Waals surface area contributed by atoms with Crippen LogP contribution in [0, 0.1) is 13.8 Å². The van der Waals surface area contributed by atoms with Gasteiger partial charge in [0.15, 0.2) is 0 Å². The summed E-state index contributed by atoms with van der Waals surface area (Å²) in [5, 5.41) is 3.72. The van der Waals surface area contributed by atoms with Crippen LogP contribution in [0.1, 0.15) is 27.0 Å². The molecule has 3 N–H and O–H groups in total. The highest BCUT2D eigenvalue weighted by Gasteiger charge is 2.13. The van der Waals surface area contributed by atoms with Crippen molar-refractivity contribution in [3.63, 3.8) is 0 Å². The smallest absolute Gasteiger partial charge is 0.248 e. The number of fused-ring (bicyclic) bond motifs is 1. The predicted octanol–water partition coefficient (Wildman–Crippen LogP) is 3.33. The first-order chi connectivity index (χ1) is 11.5. The Morgan fingerprint density at radius 1 is 1.17 bits per heavy atom. The Morgan fingerprint density at radius 3 is 2.71 bits per heavy atom. The quantitative estimate of drug-likeness (QED) is 0.772. The molecule has 0 atom stereocenters. The van der Waals surface area contributed by atoms with E-state index in [1.54, 1.807) is 30.5 Å². The second-order valence-corrected chi connectivity index (χ2v) is 5.82. The highest BCUT2D eigenvalue weighted by molar-refractivity contribution is 5.98. The zero-order valence-electron chi connectivity index (χ0n) is 13.6. The third kappa shape index (κ3) is 3.01. The van der Waals surface area contributed by atoms with Crippen molar-refractivity contribution in [2.24, 2.45) is 5.73 Å². The molecule has 0 fully saturated rings. The van der Waals surface area contributed by atoms with Crippen LogP contribution in [-0.4, -0.2) is 11.8 Å². The number of furan rings is 1. The van der Waals surface area contributed by atoms with Gasteiger partial charge in [0.05, 0.1) is 12.7 Å². The van der Waals surface area contributed by atoms with Crippen LogP contribution in [-0.2, 0) is 11.2 Å². The summed E-state index contributed by atoms with van der Waals surface area (Å²) in [5.74, 6) is -0.713. The molecule has 0 unspecified atom stereocenters. The van der Waals surface area contributed by atoms with Crippen LogP contribution in [0.5, 0.6) is 0 Å². The predicted molar refractivity (Wildman–Crippen MR) is 93.0 cm³/mol. The maximum Gasteiger partial charge on any atom is 0.248 e. The Hall–Kier alpha value is -3.08. The van der Waals surface area contributed by atoms with E-state index in [0.717, 1.165) is 27.7 Å². The number of nitrogens with two attached hydrogens (primary N) is 1. The van der Waals surface area contributed by atoms with Crippen molar-refractivity contribution in [3.8, 4) is 0 Å². The van der Waals surface area contributed by atoms with Crippen molar-refractivity contribution in [2.45, 2.75) is 20.3 Å². The topological polar surface area (TPSA) is 85.3 Å². The summed E-state index contributed by atoms with van der Waals surface area (Å²) >= 11 is 0. The summed E-state index contributed by atoms with van der Waals surface area (Å²) in [5.41, 5.74) is 10.0. The van der Waals surface area contributed by atoms with Crippen LogP contribution in [0.3, 0.4) is 0 Å². The Labute approximate surface area is 139 Å². The molecule has 2 amide bonds. The molecule has 122 valence electrons. The van der Waals surface area contributed by atoms with Crippen LogP contribution < -0.4 is 11.1 Å². The van der Waals surface area contributed by atoms with E-state index in [0.29, 0.717) is 11.3 Å². The van der Waals surface area contributed by atoms with Crippen LogP contribution in [0.4, 0.5) is 5.69 Å². The molecular weight excluding hydrogens is 304 g/mol. The Balaban J connectivity index is 1.79. The minimum atomic E-state index is -0.530. The summed E-state index contributed by atoms with van der Waals surface area (Å²) in [4.78, 5) is 23.5. The number of nitrogens with one attached hydrogen (secondary N) is 1. The number of hydrogen-bond donors (Lipinski definition) is 2. The summed E-state index contributed by atoms with van der Waals surface area (Å²) in [7, 11) is 0. The molecule has 5 nitrogen and oxygen atoms in total. The zero-order chi connectivity index (χ0) is 17.3. The first kappa shape index (κ1) is 15.8. The molecular formula is C19H18N2O3. The summed E-state index contributed by atoms with van der Waals surface area (Å²) in [6, 6.07) is 10.5. The Morgan fingerprint density at radius 2 is 1.96 bits per heavy atom. The molecule has 0 bridgehead atoms. The van der Waals surface area contributed by atoms with Gasteiger partial charge in [0.1, 0.15) is 5.58 Å². The number of carbonyl (C=O) groups is 2. The number of aryl methyl sites for hydroxylation is 2. The van der Waals surface area contributed by atoms with Gasteiger partial charge in [0.2, 0.25) is 11.8 Å². The second-order valence-electron chi connectivity index (χ2n) is 5.82. The third-order valence-electron chi connectivity index (χ3n) is 4.12. The summed E-state index contributed by atoms with van der Waals surface area (Å²) in [6.45, 7) is 4.02. The molecule has 1 aromatic heterocycles. The number of carbonyl (C=O) groups excluding carboxylic acids is 2. The van der Waals surface area contributed by atoms with E-state index in [-0.39, 0.29) is 12.3 Å². The van der Waals surface area contributed by atoms with Crippen molar-refractivity contribution in [2.75, 3.05) is 5.32 Å². The van der Waals surface area contributed by atoms with E-state index in [1.165, 1.54) is 0 Å². The molecule has 0 aliphatic rings. The van der Waals surface area contributed by atoms with Gasteiger partial charge in [0, 0.05) is 22.2 Å². The van der Waals surface area contributed by atoms with Crippen LogP contribution in [0.25, 0.3) is 11.0 Å². The number of primary amides is 1. The molecule has 24 heavy (non-hydrogen) atoms. The first-order valence-corrected chi connectivity index (χ1v) is 7.61. The van der Waals surface area contributed by atoms with E-state index in [4.69, 9.17) is 10.2 Å². The maximum atomic E-state index is 12.3. The Bertz CT molecular complexity index is 941. The third-order valence-corrected chi connectivity index (χ3v) is 4.12. The van der Waals surface area contributed by atoms with Crippen LogP contribution >= 0.6 is 0 Å². The average molecular weight is 322 g/mol. The molecule has 0 spiro atoms. The van der Waals surface area contributed by atoms with Crippen molar-refractivity contribution in [1.82, 2.24) is 0 Å².